The van der Waals surface area contributed by atoms with Crippen molar-refractivity contribution in [1.82, 2.24) is 4.90 Å². The van der Waals surface area contributed by atoms with Crippen LogP contribution in [0.1, 0.15) is 42.4 Å². The first-order chi connectivity index (χ1) is 15.2. The van der Waals surface area contributed by atoms with E-state index in [-0.39, 0.29) is 40.8 Å². The minimum Gasteiger partial charge on any atom is -0.495 e. The van der Waals surface area contributed by atoms with Crippen molar-refractivity contribution in [1.29, 1.82) is 0 Å². The SMILES string of the molecule is COc1ccc(CN2C(=O)[C@H]3CCCC[C@H]3C2=O)cc1S(=O)(=O)Nc1ccc(C)cc1C. The van der Waals surface area contributed by atoms with E-state index in [0.29, 0.717) is 11.3 Å². The molecule has 0 bridgehead atoms. The molecule has 32 heavy (non-hydrogen) atoms. The number of carbonyl (C=O) groups excluding carboxylic acids is 2. The molecule has 2 atom stereocenters. The van der Waals surface area contributed by atoms with E-state index in [9.17, 15) is 18.0 Å². The van der Waals surface area contributed by atoms with E-state index < -0.39 is 10.0 Å². The lowest BCUT2D eigenvalue weighted by molar-refractivity contribution is -0.140. The average Bonchev–Trinajstić information content (AvgIpc) is 3.01. The lowest BCUT2D eigenvalue weighted by Gasteiger charge is -2.19. The van der Waals surface area contributed by atoms with Crippen LogP contribution in [-0.2, 0) is 26.2 Å². The molecule has 1 N–H and O–H groups in total. The lowest BCUT2D eigenvalue weighted by Crippen LogP contribution is -2.30. The molecule has 4 rings (SSSR count). The number of ether oxygens (including phenoxy) is 1. The molecule has 2 fully saturated rings. The fourth-order valence-electron chi connectivity index (χ4n) is 4.73. The molecule has 2 amide bonds. The molecule has 8 heteroatoms. The van der Waals surface area contributed by atoms with Crippen LogP contribution in [0.25, 0.3) is 0 Å². The Morgan fingerprint density at radius 3 is 2.25 bits per heavy atom. The van der Waals surface area contributed by atoms with Crippen molar-refractivity contribution in [3.8, 4) is 5.75 Å². The zero-order chi connectivity index (χ0) is 23.0. The molecule has 170 valence electrons. The average molecular weight is 457 g/mol. The highest BCUT2D eigenvalue weighted by Crippen LogP contribution is 2.39. The van der Waals surface area contributed by atoms with Gasteiger partial charge in [0.15, 0.2) is 0 Å². The van der Waals surface area contributed by atoms with Gasteiger partial charge in [-0.15, -0.1) is 0 Å². The number of aryl methyl sites for hydroxylation is 2. The number of carbonyl (C=O) groups is 2. The smallest absolute Gasteiger partial charge is 0.265 e. The summed E-state index contributed by atoms with van der Waals surface area (Å²) in [5.41, 5.74) is 2.88. The highest BCUT2D eigenvalue weighted by atomic mass is 32.2. The molecule has 1 aliphatic carbocycles. The van der Waals surface area contributed by atoms with Crippen molar-refractivity contribution in [2.45, 2.75) is 51.0 Å². The second-order valence-corrected chi connectivity index (χ2v) is 10.3. The van der Waals surface area contributed by atoms with E-state index in [1.54, 1.807) is 18.2 Å². The van der Waals surface area contributed by atoms with Crippen molar-refractivity contribution >= 4 is 27.5 Å². The van der Waals surface area contributed by atoms with Gasteiger partial charge in [0.1, 0.15) is 10.6 Å². The summed E-state index contributed by atoms with van der Waals surface area (Å²) >= 11 is 0. The summed E-state index contributed by atoms with van der Waals surface area (Å²) < 4.78 is 34.3. The van der Waals surface area contributed by atoms with Gasteiger partial charge in [-0.3, -0.25) is 19.2 Å². The number of anilines is 1. The molecule has 2 aliphatic rings. The van der Waals surface area contributed by atoms with Crippen LogP contribution in [0.3, 0.4) is 0 Å². The fourth-order valence-corrected chi connectivity index (χ4v) is 6.08. The third kappa shape index (κ3) is 4.11. The maximum atomic E-state index is 13.2. The van der Waals surface area contributed by atoms with Crippen LogP contribution in [0.15, 0.2) is 41.3 Å². The van der Waals surface area contributed by atoms with Gasteiger partial charge in [-0.05, 0) is 56.0 Å². The zero-order valence-corrected chi connectivity index (χ0v) is 19.4. The van der Waals surface area contributed by atoms with Crippen LogP contribution >= 0.6 is 0 Å². The Morgan fingerprint density at radius 2 is 1.66 bits per heavy atom. The Morgan fingerprint density at radius 1 is 1.00 bits per heavy atom. The number of sulfonamides is 1. The van der Waals surface area contributed by atoms with E-state index in [1.807, 2.05) is 26.0 Å². The maximum Gasteiger partial charge on any atom is 0.265 e. The highest BCUT2D eigenvalue weighted by Gasteiger charge is 2.47. The molecule has 7 nitrogen and oxygen atoms in total. The third-order valence-corrected chi connectivity index (χ3v) is 7.80. The summed E-state index contributed by atoms with van der Waals surface area (Å²) in [6.45, 7) is 3.83. The highest BCUT2D eigenvalue weighted by molar-refractivity contribution is 7.92. The molecule has 2 aromatic rings. The number of nitrogens with zero attached hydrogens (tertiary/aromatic N) is 1. The second kappa shape index (κ2) is 8.58. The molecular formula is C24H28N2O5S. The Balaban J connectivity index is 1.63. The molecule has 2 aromatic carbocycles. The zero-order valence-electron chi connectivity index (χ0n) is 18.6. The van der Waals surface area contributed by atoms with Gasteiger partial charge in [-0.1, -0.05) is 36.6 Å². The Labute approximate surface area is 188 Å². The standard InChI is InChI=1S/C24H28N2O5S/c1-15-8-10-20(16(2)12-15)25-32(29,30)22-13-17(9-11-21(22)31-3)14-26-23(27)18-6-4-5-7-19(18)24(26)28/h8-13,18-19,25H,4-7,14H2,1-3H3/t18-,19+. The molecule has 1 aliphatic heterocycles. The van der Waals surface area contributed by atoms with Crippen molar-refractivity contribution in [2.24, 2.45) is 11.8 Å². The van der Waals surface area contributed by atoms with Crippen LogP contribution in [0, 0.1) is 25.7 Å². The Hall–Kier alpha value is -2.87. The molecule has 1 saturated heterocycles. The topological polar surface area (TPSA) is 92.8 Å². The first-order valence-electron chi connectivity index (χ1n) is 10.8. The monoisotopic (exact) mass is 456 g/mol. The van der Waals surface area contributed by atoms with Crippen molar-refractivity contribution < 1.29 is 22.7 Å². The maximum absolute atomic E-state index is 13.2. The minimum absolute atomic E-state index is 0.0333. The largest absolute Gasteiger partial charge is 0.495 e. The number of hydrogen-bond donors (Lipinski definition) is 1. The van der Waals surface area contributed by atoms with Gasteiger partial charge in [0.05, 0.1) is 31.2 Å². The van der Waals surface area contributed by atoms with E-state index in [1.165, 1.54) is 18.1 Å². The molecule has 0 aromatic heterocycles. The predicted molar refractivity (Wildman–Crippen MR) is 121 cm³/mol. The van der Waals surface area contributed by atoms with E-state index in [4.69, 9.17) is 4.74 Å². The van der Waals surface area contributed by atoms with Gasteiger partial charge < -0.3 is 4.74 Å². The van der Waals surface area contributed by atoms with Gasteiger partial charge in [0, 0.05) is 0 Å². The van der Waals surface area contributed by atoms with Gasteiger partial charge in [-0.25, -0.2) is 8.42 Å². The summed E-state index contributed by atoms with van der Waals surface area (Å²) in [4.78, 5) is 26.9. The summed E-state index contributed by atoms with van der Waals surface area (Å²) in [7, 11) is -2.55. The molecule has 1 heterocycles. The number of rotatable bonds is 6. The summed E-state index contributed by atoms with van der Waals surface area (Å²) in [6.07, 6.45) is 3.41. The van der Waals surface area contributed by atoms with Crippen molar-refractivity contribution in [3.05, 3.63) is 53.1 Å². The Kier molecular flexibility index (Phi) is 5.99. The van der Waals surface area contributed by atoms with E-state index >= 15 is 0 Å². The van der Waals surface area contributed by atoms with Crippen LogP contribution < -0.4 is 9.46 Å². The molecule has 0 unspecified atom stereocenters. The molecule has 0 spiro atoms. The number of likely N-dealkylation sites (tertiary alicyclic amines) is 1. The van der Waals surface area contributed by atoms with E-state index in [2.05, 4.69) is 4.72 Å². The van der Waals surface area contributed by atoms with Gasteiger partial charge in [0.25, 0.3) is 10.0 Å². The number of fused-ring (bicyclic) bond motifs is 1. The number of imide groups is 1. The first kappa shape index (κ1) is 22.3. The minimum atomic E-state index is -3.96. The summed E-state index contributed by atoms with van der Waals surface area (Å²) in [5, 5.41) is 0. The van der Waals surface area contributed by atoms with Gasteiger partial charge in [-0.2, -0.15) is 0 Å². The van der Waals surface area contributed by atoms with Gasteiger partial charge >= 0.3 is 0 Å². The Bertz CT molecular complexity index is 1150. The quantitative estimate of drug-likeness (QED) is 0.668. The fraction of sp³-hybridized carbons (Fsp3) is 0.417. The molecule has 0 radical (unpaired) electrons. The molecule has 1 saturated carbocycles. The predicted octanol–water partition coefficient (Wildman–Crippen LogP) is 3.79. The number of methoxy groups -OCH3 is 1. The number of benzene rings is 2. The second-order valence-electron chi connectivity index (χ2n) is 8.67. The van der Waals surface area contributed by atoms with Crippen molar-refractivity contribution in [3.63, 3.8) is 0 Å². The van der Waals surface area contributed by atoms with Crippen LogP contribution in [0.2, 0.25) is 0 Å². The van der Waals surface area contributed by atoms with Gasteiger partial charge in [0.2, 0.25) is 11.8 Å². The summed E-state index contributed by atoms with van der Waals surface area (Å²) in [5.74, 6) is -0.562. The number of amides is 2. The van der Waals surface area contributed by atoms with Crippen molar-refractivity contribution in [2.75, 3.05) is 11.8 Å². The molecular weight excluding hydrogens is 428 g/mol. The lowest BCUT2D eigenvalue weighted by atomic mass is 9.81. The number of hydrogen-bond acceptors (Lipinski definition) is 5. The number of nitrogens with one attached hydrogen (secondary N) is 1. The van der Waals surface area contributed by atoms with Crippen LogP contribution in [-0.4, -0.2) is 32.2 Å². The normalized spacial score (nSPS) is 20.9. The van der Waals surface area contributed by atoms with Crippen LogP contribution in [0.4, 0.5) is 5.69 Å². The van der Waals surface area contributed by atoms with Crippen LogP contribution in [0.5, 0.6) is 5.75 Å². The van der Waals surface area contributed by atoms with E-state index in [0.717, 1.165) is 36.8 Å². The first-order valence-corrected chi connectivity index (χ1v) is 12.3. The summed E-state index contributed by atoms with van der Waals surface area (Å²) in [6, 6.07) is 10.2. The third-order valence-electron chi connectivity index (χ3n) is 6.42.